The number of nitrogens with zero attached hydrogens (tertiary/aromatic N) is 1. The molecule has 7 nitrogen and oxygen atoms in total. The summed E-state index contributed by atoms with van der Waals surface area (Å²) in [6.45, 7) is 1.83. The number of aryl methyl sites for hydroxylation is 1. The number of alkyl halides is 3. The van der Waals surface area contributed by atoms with Crippen molar-refractivity contribution in [1.29, 1.82) is 0 Å². The van der Waals surface area contributed by atoms with Crippen molar-refractivity contribution >= 4 is 17.6 Å². The van der Waals surface area contributed by atoms with Crippen LogP contribution in [-0.2, 0) is 11.0 Å². The number of benzene rings is 1. The third-order valence-corrected chi connectivity index (χ3v) is 4.55. The van der Waals surface area contributed by atoms with Crippen molar-refractivity contribution in [3.8, 4) is 11.5 Å². The van der Waals surface area contributed by atoms with Gasteiger partial charge < -0.3 is 20.1 Å². The van der Waals surface area contributed by atoms with Crippen LogP contribution in [0, 0.1) is 12.8 Å². The van der Waals surface area contributed by atoms with Gasteiger partial charge in [-0.3, -0.25) is 9.59 Å². The van der Waals surface area contributed by atoms with Crippen molar-refractivity contribution < 1.29 is 32.2 Å². The molecule has 1 aliphatic rings. The van der Waals surface area contributed by atoms with E-state index in [1.165, 1.54) is 19.2 Å². The highest BCUT2D eigenvalue weighted by atomic mass is 19.4. The third-order valence-electron chi connectivity index (χ3n) is 4.55. The van der Waals surface area contributed by atoms with Crippen molar-refractivity contribution in [3.05, 3.63) is 47.2 Å². The molecule has 0 radical (unpaired) electrons. The highest BCUT2D eigenvalue weighted by Crippen LogP contribution is 2.36. The van der Waals surface area contributed by atoms with Gasteiger partial charge >= 0.3 is 6.18 Å². The maximum atomic E-state index is 12.8. The number of anilines is 1. The zero-order valence-electron chi connectivity index (χ0n) is 17.0. The van der Waals surface area contributed by atoms with Gasteiger partial charge in [-0.05, 0) is 50.1 Å². The minimum atomic E-state index is -4.49. The van der Waals surface area contributed by atoms with E-state index in [0.29, 0.717) is 17.1 Å². The van der Waals surface area contributed by atoms with Gasteiger partial charge in [0, 0.05) is 17.2 Å². The topological polar surface area (TPSA) is 89.6 Å². The second-order valence-electron chi connectivity index (χ2n) is 7.11. The molecule has 1 aromatic carbocycles. The Morgan fingerprint density at radius 1 is 1.16 bits per heavy atom. The summed E-state index contributed by atoms with van der Waals surface area (Å²) < 4.78 is 48.8. The Morgan fingerprint density at radius 2 is 1.90 bits per heavy atom. The largest absolute Gasteiger partial charge is 0.493 e. The van der Waals surface area contributed by atoms with Gasteiger partial charge in [-0.25, -0.2) is 4.98 Å². The molecule has 0 unspecified atom stereocenters. The van der Waals surface area contributed by atoms with Crippen molar-refractivity contribution in [2.24, 2.45) is 5.92 Å². The molecular weight excluding hydrogens is 415 g/mol. The third kappa shape index (κ3) is 6.09. The molecule has 1 saturated carbocycles. The van der Waals surface area contributed by atoms with Crippen molar-refractivity contribution in [2.75, 3.05) is 25.6 Å². The molecular formula is C21H22F3N3O4. The van der Waals surface area contributed by atoms with Crippen LogP contribution in [-0.4, -0.2) is 37.1 Å². The predicted octanol–water partition coefficient (Wildman–Crippen LogP) is 3.57. The fourth-order valence-electron chi connectivity index (χ4n) is 2.83. The van der Waals surface area contributed by atoms with Gasteiger partial charge in [0.2, 0.25) is 5.91 Å². The Balaban J connectivity index is 1.54. The molecule has 0 atom stereocenters. The van der Waals surface area contributed by atoms with Gasteiger partial charge in [0.25, 0.3) is 5.91 Å². The molecule has 10 heteroatoms. The van der Waals surface area contributed by atoms with Gasteiger partial charge in [0.15, 0.2) is 11.5 Å². The highest BCUT2D eigenvalue weighted by Gasteiger charge is 2.31. The fourth-order valence-corrected chi connectivity index (χ4v) is 2.83. The molecule has 166 valence electrons. The van der Waals surface area contributed by atoms with E-state index in [1.54, 1.807) is 13.0 Å². The van der Waals surface area contributed by atoms with Crippen molar-refractivity contribution in [1.82, 2.24) is 10.3 Å². The number of carbonyl (C=O) groups is 2. The molecule has 3 rings (SSSR count). The number of halogens is 3. The van der Waals surface area contributed by atoms with Crippen molar-refractivity contribution in [2.45, 2.75) is 25.9 Å². The number of hydrogen-bond acceptors (Lipinski definition) is 5. The van der Waals surface area contributed by atoms with E-state index in [9.17, 15) is 22.8 Å². The second-order valence-corrected chi connectivity index (χ2v) is 7.11. The van der Waals surface area contributed by atoms with E-state index >= 15 is 0 Å². The van der Waals surface area contributed by atoms with E-state index < -0.39 is 17.6 Å². The molecule has 1 heterocycles. The summed E-state index contributed by atoms with van der Waals surface area (Å²) in [5, 5.41) is 5.37. The smallest absolute Gasteiger partial charge is 0.416 e. The van der Waals surface area contributed by atoms with Gasteiger partial charge in [0.05, 0.1) is 19.2 Å². The SMILES string of the molecule is COc1cc(C(F)(F)F)ccc1OCCNC(=O)c1cc(C)nc(NC(=O)C2CC2)c1. The highest BCUT2D eigenvalue weighted by molar-refractivity contribution is 5.97. The van der Waals surface area contributed by atoms with Crippen molar-refractivity contribution in [3.63, 3.8) is 0 Å². The zero-order chi connectivity index (χ0) is 22.6. The molecule has 0 aliphatic heterocycles. The Hall–Kier alpha value is -3.30. The maximum Gasteiger partial charge on any atom is 0.416 e. The first-order chi connectivity index (χ1) is 14.7. The lowest BCUT2D eigenvalue weighted by atomic mass is 10.2. The van der Waals surface area contributed by atoms with Gasteiger partial charge in [-0.2, -0.15) is 13.2 Å². The van der Waals surface area contributed by atoms with Crippen LogP contribution >= 0.6 is 0 Å². The van der Waals surface area contributed by atoms with E-state index in [0.717, 1.165) is 25.0 Å². The van der Waals surface area contributed by atoms with Crippen LogP contribution in [0.2, 0.25) is 0 Å². The van der Waals surface area contributed by atoms with Gasteiger partial charge in [0.1, 0.15) is 12.4 Å². The van der Waals surface area contributed by atoms with Crippen LogP contribution in [0.15, 0.2) is 30.3 Å². The Kier molecular flexibility index (Phi) is 6.67. The fraction of sp³-hybridized carbons (Fsp3) is 0.381. The Labute approximate surface area is 176 Å². The van der Waals surface area contributed by atoms with Crippen LogP contribution in [0.1, 0.15) is 34.5 Å². The zero-order valence-corrected chi connectivity index (χ0v) is 17.0. The molecule has 0 saturated heterocycles. The lowest BCUT2D eigenvalue weighted by molar-refractivity contribution is -0.137. The minimum absolute atomic E-state index is 0.0129. The van der Waals surface area contributed by atoms with E-state index in [1.807, 2.05) is 0 Å². The summed E-state index contributed by atoms with van der Waals surface area (Å²) in [6.07, 6.45) is -2.77. The molecule has 31 heavy (non-hydrogen) atoms. The number of rotatable bonds is 8. The first kappa shape index (κ1) is 22.4. The molecule has 1 aliphatic carbocycles. The molecule has 2 aromatic rings. The van der Waals surface area contributed by atoms with Crippen LogP contribution in [0.25, 0.3) is 0 Å². The molecule has 0 bridgehead atoms. The molecule has 2 N–H and O–H groups in total. The number of nitrogens with one attached hydrogen (secondary N) is 2. The summed E-state index contributed by atoms with van der Waals surface area (Å²) >= 11 is 0. The maximum absolute atomic E-state index is 12.8. The standard InChI is InChI=1S/C21H22F3N3O4/c1-12-9-14(10-18(26-12)27-20(29)13-3-4-13)19(28)25-7-8-31-16-6-5-15(21(22,23)24)11-17(16)30-2/h5-6,9-11,13H,3-4,7-8H2,1-2H3,(H,25,28)(H,26,27,29). The lowest BCUT2D eigenvalue weighted by Gasteiger charge is -2.14. The van der Waals surface area contributed by atoms with Crippen LogP contribution in [0.4, 0.5) is 19.0 Å². The summed E-state index contributed by atoms with van der Waals surface area (Å²) in [5.74, 6) is -0.0954. The van der Waals surface area contributed by atoms with Crippen LogP contribution in [0.5, 0.6) is 11.5 Å². The van der Waals surface area contributed by atoms with Crippen LogP contribution in [0.3, 0.4) is 0 Å². The second kappa shape index (κ2) is 9.23. The number of aromatic nitrogens is 1. The molecule has 0 spiro atoms. The van der Waals surface area contributed by atoms with Crippen LogP contribution < -0.4 is 20.1 Å². The number of ether oxygens (including phenoxy) is 2. The average Bonchev–Trinajstić information content (AvgIpc) is 3.55. The normalized spacial score (nSPS) is 13.5. The van der Waals surface area contributed by atoms with E-state index in [2.05, 4.69) is 15.6 Å². The quantitative estimate of drug-likeness (QED) is 0.617. The summed E-state index contributed by atoms with van der Waals surface area (Å²) in [7, 11) is 1.25. The van der Waals surface area contributed by atoms with Gasteiger partial charge in [-0.1, -0.05) is 0 Å². The number of amides is 2. The van der Waals surface area contributed by atoms with E-state index in [4.69, 9.17) is 9.47 Å². The molecule has 1 fully saturated rings. The van der Waals surface area contributed by atoms with E-state index in [-0.39, 0.29) is 36.5 Å². The van der Waals surface area contributed by atoms with Gasteiger partial charge in [-0.15, -0.1) is 0 Å². The Bertz CT molecular complexity index is 975. The average molecular weight is 437 g/mol. The number of pyridine rings is 1. The monoisotopic (exact) mass is 437 g/mol. The molecule has 1 aromatic heterocycles. The minimum Gasteiger partial charge on any atom is -0.493 e. The Morgan fingerprint density at radius 3 is 2.55 bits per heavy atom. The molecule has 2 amide bonds. The lowest BCUT2D eigenvalue weighted by Crippen LogP contribution is -2.28. The summed E-state index contributed by atoms with van der Waals surface area (Å²) in [4.78, 5) is 28.5. The number of methoxy groups -OCH3 is 1. The summed E-state index contributed by atoms with van der Waals surface area (Å²) in [5.41, 5.74) is 0.0536. The number of carbonyl (C=O) groups excluding carboxylic acids is 2. The first-order valence-corrected chi connectivity index (χ1v) is 9.63. The number of hydrogen-bond donors (Lipinski definition) is 2. The predicted molar refractivity (Wildman–Crippen MR) is 106 cm³/mol. The first-order valence-electron chi connectivity index (χ1n) is 9.63. The summed E-state index contributed by atoms with van der Waals surface area (Å²) in [6, 6.07) is 5.99.